The normalized spacial score (nSPS) is 22.5. The van der Waals surface area contributed by atoms with Gasteiger partial charge in [-0.1, -0.05) is 24.3 Å². The van der Waals surface area contributed by atoms with E-state index in [1.165, 1.54) is 34.3 Å². The van der Waals surface area contributed by atoms with Crippen LogP contribution in [0.3, 0.4) is 0 Å². The highest BCUT2D eigenvalue weighted by Gasteiger charge is 2.58. The third-order valence-electron chi connectivity index (χ3n) is 5.59. The Balaban J connectivity index is 1.29. The van der Waals surface area contributed by atoms with Crippen LogP contribution in [0.4, 0.5) is 14.9 Å². The fourth-order valence-electron chi connectivity index (χ4n) is 4.13. The van der Waals surface area contributed by atoms with Gasteiger partial charge in [0.15, 0.2) is 0 Å². The number of anilines is 1. The van der Waals surface area contributed by atoms with Gasteiger partial charge in [0.2, 0.25) is 0 Å². The monoisotopic (exact) mass is 364 g/mol. The van der Waals surface area contributed by atoms with Crippen LogP contribution < -0.4 is 10.6 Å². The minimum atomic E-state index is -0.515. The molecule has 0 bridgehead atoms. The van der Waals surface area contributed by atoms with Gasteiger partial charge in [0.1, 0.15) is 12.1 Å². The number of aryl methyl sites for hydroxylation is 1. The number of nitrogens with zero attached hydrogens (tertiary/aromatic N) is 4. The molecular weight excluding hydrogens is 347 g/mol. The van der Waals surface area contributed by atoms with E-state index in [4.69, 9.17) is 0 Å². The summed E-state index contributed by atoms with van der Waals surface area (Å²) in [5, 5.41) is 16.5. The zero-order valence-corrected chi connectivity index (χ0v) is 14.4. The quantitative estimate of drug-likeness (QED) is 0.748. The molecule has 0 aliphatic heterocycles. The SMILES string of the molecule is O=C(Nc1cc(-n2cnnn2)ccc1F)NC1CC12CCc1ccccc12. The van der Waals surface area contributed by atoms with Crippen molar-refractivity contribution in [1.82, 2.24) is 25.5 Å². The maximum absolute atomic E-state index is 14.1. The lowest BCUT2D eigenvalue weighted by molar-refractivity contribution is 0.251. The van der Waals surface area contributed by atoms with Crippen molar-refractivity contribution < 1.29 is 9.18 Å². The van der Waals surface area contributed by atoms with Crippen LogP contribution in [0.25, 0.3) is 5.69 Å². The summed E-state index contributed by atoms with van der Waals surface area (Å²) in [5.74, 6) is -0.515. The Morgan fingerprint density at radius 2 is 2.15 bits per heavy atom. The molecular formula is C19H17FN6O. The minimum Gasteiger partial charge on any atom is -0.334 e. The predicted octanol–water partition coefficient (Wildman–Crippen LogP) is 2.58. The van der Waals surface area contributed by atoms with Gasteiger partial charge >= 0.3 is 6.03 Å². The van der Waals surface area contributed by atoms with Crippen LogP contribution in [-0.4, -0.2) is 32.3 Å². The van der Waals surface area contributed by atoms with Crippen molar-refractivity contribution in [2.75, 3.05) is 5.32 Å². The lowest BCUT2D eigenvalue weighted by Crippen LogP contribution is -2.34. The fourth-order valence-corrected chi connectivity index (χ4v) is 4.13. The van der Waals surface area contributed by atoms with Crippen LogP contribution in [0.15, 0.2) is 48.8 Å². The molecule has 27 heavy (non-hydrogen) atoms. The number of carbonyl (C=O) groups excluding carboxylic acids is 1. The number of hydrogen-bond acceptors (Lipinski definition) is 4. The summed E-state index contributed by atoms with van der Waals surface area (Å²) in [4.78, 5) is 12.4. The molecule has 2 atom stereocenters. The van der Waals surface area contributed by atoms with Crippen molar-refractivity contribution in [2.24, 2.45) is 0 Å². The van der Waals surface area contributed by atoms with Crippen LogP contribution in [-0.2, 0) is 11.8 Å². The predicted molar refractivity (Wildman–Crippen MR) is 96.1 cm³/mol. The number of amides is 2. The van der Waals surface area contributed by atoms with Crippen molar-refractivity contribution in [1.29, 1.82) is 0 Å². The molecule has 1 aromatic heterocycles. The van der Waals surface area contributed by atoms with Gasteiger partial charge in [-0.3, -0.25) is 0 Å². The van der Waals surface area contributed by atoms with Crippen LogP contribution >= 0.6 is 0 Å². The highest BCUT2D eigenvalue weighted by molar-refractivity contribution is 5.90. The summed E-state index contributed by atoms with van der Waals surface area (Å²) < 4.78 is 15.5. The van der Waals surface area contributed by atoms with Crippen molar-refractivity contribution in [2.45, 2.75) is 30.7 Å². The minimum absolute atomic E-state index is 0.0424. The number of hydrogen-bond donors (Lipinski definition) is 2. The lowest BCUT2D eigenvalue weighted by atomic mass is 9.97. The fraction of sp³-hybridized carbons (Fsp3) is 0.263. The molecule has 2 aliphatic rings. The molecule has 2 aliphatic carbocycles. The van der Waals surface area contributed by atoms with E-state index in [2.05, 4.69) is 44.4 Å². The molecule has 5 rings (SSSR count). The number of benzene rings is 2. The Morgan fingerprint density at radius 3 is 3.00 bits per heavy atom. The van der Waals surface area contributed by atoms with E-state index in [1.807, 2.05) is 6.07 Å². The van der Waals surface area contributed by atoms with Gasteiger partial charge in [0.25, 0.3) is 0 Å². The first-order valence-electron chi connectivity index (χ1n) is 8.84. The van der Waals surface area contributed by atoms with Crippen molar-refractivity contribution in [3.05, 3.63) is 65.7 Å². The zero-order valence-electron chi connectivity index (χ0n) is 14.4. The van der Waals surface area contributed by atoms with Gasteiger partial charge in [-0.25, -0.2) is 13.9 Å². The molecule has 0 saturated heterocycles. The van der Waals surface area contributed by atoms with Crippen LogP contribution in [0.2, 0.25) is 0 Å². The highest BCUT2D eigenvalue weighted by atomic mass is 19.1. The Labute approximate surface area is 154 Å². The zero-order chi connectivity index (χ0) is 18.4. The molecule has 8 heteroatoms. The number of nitrogens with one attached hydrogen (secondary N) is 2. The van der Waals surface area contributed by atoms with Gasteiger partial charge in [0, 0.05) is 11.5 Å². The molecule has 136 valence electrons. The van der Waals surface area contributed by atoms with Gasteiger partial charge in [-0.05, 0) is 59.0 Å². The maximum atomic E-state index is 14.1. The van der Waals surface area contributed by atoms with Gasteiger partial charge < -0.3 is 10.6 Å². The number of urea groups is 1. The molecule has 3 aromatic rings. The third-order valence-corrected chi connectivity index (χ3v) is 5.59. The summed E-state index contributed by atoms with van der Waals surface area (Å²) in [6.07, 6.45) is 4.41. The Bertz CT molecular complexity index is 1020. The highest BCUT2D eigenvalue weighted by Crippen LogP contribution is 2.56. The molecule has 2 aromatic carbocycles. The van der Waals surface area contributed by atoms with E-state index in [9.17, 15) is 9.18 Å². The Hall–Kier alpha value is -3.29. The summed E-state index contributed by atoms with van der Waals surface area (Å²) in [5.41, 5.74) is 3.39. The van der Waals surface area contributed by atoms with Gasteiger partial charge in [-0.2, -0.15) is 0 Å². The second-order valence-corrected chi connectivity index (χ2v) is 7.09. The number of halogens is 1. The average molecular weight is 364 g/mol. The molecule has 2 amide bonds. The lowest BCUT2D eigenvalue weighted by Gasteiger charge is -2.14. The van der Waals surface area contributed by atoms with E-state index in [-0.39, 0.29) is 17.1 Å². The first-order valence-corrected chi connectivity index (χ1v) is 8.84. The molecule has 0 radical (unpaired) electrons. The standard InChI is InChI=1S/C19H17FN6O/c20-15-6-5-13(26-11-21-24-25-26)9-16(15)22-18(27)23-17-10-19(17)8-7-12-3-1-2-4-14(12)19/h1-6,9,11,17H,7-8,10H2,(H2,22,23,27). The van der Waals surface area contributed by atoms with E-state index >= 15 is 0 Å². The largest absolute Gasteiger partial charge is 0.334 e. The Kier molecular flexibility index (Phi) is 3.46. The van der Waals surface area contributed by atoms with Crippen molar-refractivity contribution in [3.63, 3.8) is 0 Å². The maximum Gasteiger partial charge on any atom is 0.319 e. The molecule has 1 spiro atoms. The molecule has 1 fully saturated rings. The Morgan fingerprint density at radius 1 is 1.26 bits per heavy atom. The van der Waals surface area contributed by atoms with Gasteiger partial charge in [0.05, 0.1) is 11.4 Å². The van der Waals surface area contributed by atoms with Crippen molar-refractivity contribution in [3.8, 4) is 5.69 Å². The van der Waals surface area contributed by atoms with Crippen molar-refractivity contribution >= 4 is 11.7 Å². The van der Waals surface area contributed by atoms with E-state index in [0.717, 1.165) is 19.3 Å². The number of carbonyl (C=O) groups is 1. The van der Waals surface area contributed by atoms with Crippen LogP contribution in [0.5, 0.6) is 0 Å². The molecule has 1 heterocycles. The topological polar surface area (TPSA) is 84.7 Å². The summed E-state index contributed by atoms with van der Waals surface area (Å²) in [7, 11) is 0. The molecule has 2 N–H and O–H groups in total. The smallest absolute Gasteiger partial charge is 0.319 e. The second-order valence-electron chi connectivity index (χ2n) is 7.09. The van der Waals surface area contributed by atoms with E-state index in [0.29, 0.717) is 5.69 Å². The molecule has 1 saturated carbocycles. The number of fused-ring (bicyclic) bond motifs is 2. The number of tetrazole rings is 1. The first-order chi connectivity index (χ1) is 13.2. The second kappa shape index (κ2) is 5.87. The van der Waals surface area contributed by atoms with Gasteiger partial charge in [-0.15, -0.1) is 5.10 Å². The molecule has 7 nitrogen and oxygen atoms in total. The number of rotatable bonds is 3. The average Bonchev–Trinajstić information content (AvgIpc) is 3.03. The summed E-state index contributed by atoms with van der Waals surface area (Å²) >= 11 is 0. The van der Waals surface area contributed by atoms with E-state index in [1.54, 1.807) is 6.07 Å². The van der Waals surface area contributed by atoms with Crippen LogP contribution in [0.1, 0.15) is 24.0 Å². The summed E-state index contributed by atoms with van der Waals surface area (Å²) in [6.45, 7) is 0. The van der Waals surface area contributed by atoms with E-state index < -0.39 is 11.8 Å². The summed E-state index contributed by atoms with van der Waals surface area (Å²) in [6, 6.07) is 12.4. The number of aromatic nitrogens is 4. The first kappa shape index (κ1) is 15.9. The van der Waals surface area contributed by atoms with Crippen LogP contribution in [0, 0.1) is 5.82 Å². The third kappa shape index (κ3) is 2.64. The molecule has 2 unspecified atom stereocenters.